The van der Waals surface area contributed by atoms with Gasteiger partial charge in [-0.1, -0.05) is 0 Å². The Balaban J connectivity index is 1.40. The Kier molecular flexibility index (Phi) is 4.37. The van der Waals surface area contributed by atoms with Crippen molar-refractivity contribution in [1.29, 1.82) is 0 Å². The van der Waals surface area contributed by atoms with Crippen molar-refractivity contribution in [2.24, 2.45) is 13.0 Å². The first-order chi connectivity index (χ1) is 11.7. The second-order valence-corrected chi connectivity index (χ2v) is 6.98. The molecular weight excluding hydrogens is 304 g/mol. The van der Waals surface area contributed by atoms with Gasteiger partial charge >= 0.3 is 0 Å². The van der Waals surface area contributed by atoms with E-state index in [0.717, 1.165) is 68.1 Å². The fraction of sp³-hybridized carbons (Fsp3) is 0.706. The smallest absolute Gasteiger partial charge is 0.227 e. The number of aromatic nitrogens is 4. The van der Waals surface area contributed by atoms with E-state index in [9.17, 15) is 0 Å². The van der Waals surface area contributed by atoms with Crippen LogP contribution in [0.4, 0.5) is 5.95 Å². The number of anilines is 1. The van der Waals surface area contributed by atoms with E-state index in [2.05, 4.69) is 19.8 Å². The van der Waals surface area contributed by atoms with E-state index in [-0.39, 0.29) is 0 Å². The summed E-state index contributed by atoms with van der Waals surface area (Å²) in [6.45, 7) is 9.25. The largest absolute Gasteiger partial charge is 0.381 e. The number of ether oxygens (including phenoxy) is 1. The number of aryl methyl sites for hydroxylation is 2. The van der Waals surface area contributed by atoms with Crippen molar-refractivity contribution in [2.75, 3.05) is 50.8 Å². The molecule has 0 N–H and O–H groups in total. The summed E-state index contributed by atoms with van der Waals surface area (Å²) in [5.41, 5.74) is 2.82. The monoisotopic (exact) mass is 330 g/mol. The Morgan fingerprint density at radius 1 is 1.12 bits per heavy atom. The summed E-state index contributed by atoms with van der Waals surface area (Å²) >= 11 is 0. The van der Waals surface area contributed by atoms with Crippen LogP contribution in [0.2, 0.25) is 0 Å². The molecule has 2 saturated heterocycles. The topological polar surface area (TPSA) is 59.3 Å². The highest BCUT2D eigenvalue weighted by Gasteiger charge is 2.23. The number of piperazine rings is 1. The molecule has 7 heteroatoms. The molecule has 2 fully saturated rings. The summed E-state index contributed by atoms with van der Waals surface area (Å²) in [5.74, 6) is 1.62. The molecule has 0 unspecified atom stereocenters. The van der Waals surface area contributed by atoms with Gasteiger partial charge in [0.2, 0.25) is 5.95 Å². The fourth-order valence-corrected chi connectivity index (χ4v) is 3.81. The van der Waals surface area contributed by atoms with Crippen molar-refractivity contribution >= 4 is 17.1 Å². The Bertz CT molecular complexity index is 700. The number of fused-ring (bicyclic) bond motifs is 1. The van der Waals surface area contributed by atoms with Crippen LogP contribution in [0.5, 0.6) is 0 Å². The zero-order valence-electron chi connectivity index (χ0n) is 14.6. The predicted molar refractivity (Wildman–Crippen MR) is 93.2 cm³/mol. The average molecular weight is 330 g/mol. The van der Waals surface area contributed by atoms with Gasteiger partial charge in [-0.3, -0.25) is 4.90 Å². The molecule has 0 radical (unpaired) electrons. The van der Waals surface area contributed by atoms with Crippen LogP contribution >= 0.6 is 0 Å². The molecule has 0 aliphatic carbocycles. The minimum Gasteiger partial charge on any atom is -0.381 e. The maximum atomic E-state index is 5.46. The number of rotatable bonds is 3. The van der Waals surface area contributed by atoms with Gasteiger partial charge in [-0.15, -0.1) is 0 Å². The lowest BCUT2D eigenvalue weighted by atomic mass is 9.99. The van der Waals surface area contributed by atoms with Gasteiger partial charge in [-0.2, -0.15) is 4.98 Å². The van der Waals surface area contributed by atoms with Crippen molar-refractivity contribution in [3.8, 4) is 0 Å². The molecule has 7 nitrogen and oxygen atoms in total. The molecule has 0 saturated carbocycles. The molecule has 2 aromatic heterocycles. The standard InChI is InChI=1S/C17H26N6O/c1-13-15-16(18-12-21(15)2)20-17(19-13)23-7-5-22(6-8-23)11-14-3-9-24-10-4-14/h12,14H,3-11H2,1-2H3. The van der Waals surface area contributed by atoms with Crippen LogP contribution in [0.1, 0.15) is 18.5 Å². The number of imidazole rings is 1. The molecule has 4 rings (SSSR count). The third-order valence-electron chi connectivity index (χ3n) is 5.25. The van der Waals surface area contributed by atoms with Gasteiger partial charge < -0.3 is 14.2 Å². The zero-order valence-corrected chi connectivity index (χ0v) is 14.6. The van der Waals surface area contributed by atoms with Crippen molar-refractivity contribution in [3.63, 3.8) is 0 Å². The summed E-state index contributed by atoms with van der Waals surface area (Å²) < 4.78 is 7.45. The molecule has 0 bridgehead atoms. The lowest BCUT2D eigenvalue weighted by Crippen LogP contribution is -2.48. The Labute approximate surface area is 142 Å². The maximum absolute atomic E-state index is 5.46. The molecule has 2 aliphatic rings. The highest BCUT2D eigenvalue weighted by Crippen LogP contribution is 2.20. The van der Waals surface area contributed by atoms with Crippen molar-refractivity contribution in [2.45, 2.75) is 19.8 Å². The molecule has 0 atom stereocenters. The minimum atomic E-state index is 0.796. The lowest BCUT2D eigenvalue weighted by Gasteiger charge is -2.37. The third-order valence-corrected chi connectivity index (χ3v) is 5.25. The van der Waals surface area contributed by atoms with Crippen molar-refractivity contribution in [3.05, 3.63) is 12.0 Å². The van der Waals surface area contributed by atoms with E-state index in [0.29, 0.717) is 0 Å². The molecule has 2 aliphatic heterocycles. The van der Waals surface area contributed by atoms with Crippen LogP contribution in [0.3, 0.4) is 0 Å². The van der Waals surface area contributed by atoms with Crippen LogP contribution in [0, 0.1) is 12.8 Å². The number of nitrogens with zero attached hydrogens (tertiary/aromatic N) is 6. The Morgan fingerprint density at radius 3 is 2.62 bits per heavy atom. The molecule has 130 valence electrons. The van der Waals surface area contributed by atoms with E-state index in [1.165, 1.54) is 19.4 Å². The number of hydrogen-bond donors (Lipinski definition) is 0. The minimum absolute atomic E-state index is 0.796. The summed E-state index contributed by atoms with van der Waals surface area (Å²) in [7, 11) is 1.99. The van der Waals surface area contributed by atoms with Gasteiger partial charge in [-0.05, 0) is 25.7 Å². The average Bonchev–Trinajstić information content (AvgIpc) is 2.98. The van der Waals surface area contributed by atoms with Gasteiger partial charge in [0.25, 0.3) is 0 Å². The Hall–Kier alpha value is -1.73. The first kappa shape index (κ1) is 15.8. The van der Waals surface area contributed by atoms with Gasteiger partial charge in [0.05, 0.1) is 12.0 Å². The highest BCUT2D eigenvalue weighted by atomic mass is 16.5. The second kappa shape index (κ2) is 6.64. The first-order valence-electron chi connectivity index (χ1n) is 8.91. The molecule has 4 heterocycles. The summed E-state index contributed by atoms with van der Waals surface area (Å²) in [4.78, 5) is 18.7. The van der Waals surface area contributed by atoms with E-state index in [4.69, 9.17) is 9.72 Å². The first-order valence-corrected chi connectivity index (χ1v) is 8.91. The zero-order chi connectivity index (χ0) is 16.5. The van der Waals surface area contributed by atoms with E-state index >= 15 is 0 Å². The highest BCUT2D eigenvalue weighted by molar-refractivity contribution is 5.74. The van der Waals surface area contributed by atoms with E-state index in [1.54, 1.807) is 0 Å². The van der Waals surface area contributed by atoms with Crippen LogP contribution < -0.4 is 4.90 Å². The van der Waals surface area contributed by atoms with Crippen LogP contribution in [0.15, 0.2) is 6.33 Å². The predicted octanol–water partition coefficient (Wildman–Crippen LogP) is 1.22. The molecule has 0 aromatic carbocycles. The fourth-order valence-electron chi connectivity index (χ4n) is 3.81. The van der Waals surface area contributed by atoms with Gasteiger partial charge in [-0.25, -0.2) is 9.97 Å². The third kappa shape index (κ3) is 3.10. The van der Waals surface area contributed by atoms with Gasteiger partial charge in [0.15, 0.2) is 5.65 Å². The summed E-state index contributed by atoms with van der Waals surface area (Å²) in [6, 6.07) is 0. The normalized spacial score (nSPS) is 20.8. The Morgan fingerprint density at radius 2 is 1.88 bits per heavy atom. The molecule has 2 aromatic rings. The maximum Gasteiger partial charge on any atom is 0.227 e. The number of hydrogen-bond acceptors (Lipinski definition) is 6. The van der Waals surface area contributed by atoms with E-state index < -0.39 is 0 Å². The SMILES string of the molecule is Cc1nc(N2CCN(CC3CCOCC3)CC2)nc2ncn(C)c12. The lowest BCUT2D eigenvalue weighted by molar-refractivity contribution is 0.0517. The van der Waals surface area contributed by atoms with Crippen LogP contribution in [-0.2, 0) is 11.8 Å². The van der Waals surface area contributed by atoms with Crippen molar-refractivity contribution < 1.29 is 4.74 Å². The second-order valence-electron chi connectivity index (χ2n) is 6.98. The van der Waals surface area contributed by atoms with E-state index in [1.807, 2.05) is 24.9 Å². The van der Waals surface area contributed by atoms with Crippen LogP contribution in [0.25, 0.3) is 11.2 Å². The summed E-state index contributed by atoms with van der Waals surface area (Å²) in [6.07, 6.45) is 4.22. The van der Waals surface area contributed by atoms with Gasteiger partial charge in [0, 0.05) is 53.0 Å². The molecule has 0 amide bonds. The van der Waals surface area contributed by atoms with Crippen molar-refractivity contribution in [1.82, 2.24) is 24.4 Å². The van der Waals surface area contributed by atoms with Gasteiger partial charge in [0.1, 0.15) is 5.52 Å². The molecule has 24 heavy (non-hydrogen) atoms. The quantitative estimate of drug-likeness (QED) is 0.843. The molecular formula is C17H26N6O. The van der Waals surface area contributed by atoms with Crippen LogP contribution in [-0.4, -0.2) is 70.4 Å². The summed E-state index contributed by atoms with van der Waals surface area (Å²) in [5, 5.41) is 0. The molecule has 0 spiro atoms.